The summed E-state index contributed by atoms with van der Waals surface area (Å²) in [4.78, 5) is 29.2. The van der Waals surface area contributed by atoms with Gasteiger partial charge >= 0.3 is 0 Å². The van der Waals surface area contributed by atoms with Crippen LogP contribution in [0.15, 0.2) is 4.52 Å². The molecule has 2 amide bonds. The summed E-state index contributed by atoms with van der Waals surface area (Å²) < 4.78 is 7.11. The van der Waals surface area contributed by atoms with Crippen molar-refractivity contribution in [3.8, 4) is 0 Å². The number of carbonyl (C=O) groups excluding carboxylic acids is 2. The lowest BCUT2D eigenvalue weighted by atomic mass is 10.0. The largest absolute Gasteiger partial charge is 0.361 e. The molecule has 2 aromatic rings. The van der Waals surface area contributed by atoms with Crippen molar-refractivity contribution in [2.45, 2.75) is 58.9 Å². The van der Waals surface area contributed by atoms with Crippen LogP contribution in [0.2, 0.25) is 0 Å². The Hall–Kier alpha value is -2.64. The van der Waals surface area contributed by atoms with Gasteiger partial charge in [-0.2, -0.15) is 5.10 Å². The number of likely N-dealkylation sites (tertiary alicyclic amines) is 1. The smallest absolute Gasteiger partial charge is 0.227 e. The summed E-state index contributed by atoms with van der Waals surface area (Å²) in [7, 11) is 1.95. The SMILES string of the molecule is Cc1noc(C)c1CC(=O)N1CCc2c(c(CCC(=O)N3CCCC3)nn2C)C1. The number of carbonyl (C=O) groups is 2. The molecule has 0 spiro atoms. The van der Waals surface area contributed by atoms with E-state index >= 15 is 0 Å². The summed E-state index contributed by atoms with van der Waals surface area (Å²) in [6, 6.07) is 0. The number of rotatable bonds is 5. The highest BCUT2D eigenvalue weighted by atomic mass is 16.5. The van der Waals surface area contributed by atoms with E-state index in [1.165, 1.54) is 5.69 Å². The first-order valence-corrected chi connectivity index (χ1v) is 10.4. The molecule has 4 rings (SSSR count). The Morgan fingerprint density at radius 1 is 1.07 bits per heavy atom. The van der Waals surface area contributed by atoms with E-state index in [9.17, 15) is 9.59 Å². The molecule has 0 radical (unpaired) electrons. The number of nitrogens with zero attached hydrogens (tertiary/aromatic N) is 5. The first kappa shape index (κ1) is 19.7. The fourth-order valence-corrected chi connectivity index (χ4v) is 4.45. The monoisotopic (exact) mass is 399 g/mol. The zero-order valence-corrected chi connectivity index (χ0v) is 17.5. The molecule has 2 aliphatic heterocycles. The van der Waals surface area contributed by atoms with E-state index < -0.39 is 0 Å². The Morgan fingerprint density at radius 3 is 2.52 bits per heavy atom. The Kier molecular flexibility index (Phi) is 5.43. The molecule has 0 atom stereocenters. The molecule has 8 nitrogen and oxygen atoms in total. The van der Waals surface area contributed by atoms with Gasteiger partial charge in [-0.1, -0.05) is 5.16 Å². The van der Waals surface area contributed by atoms with Crippen LogP contribution in [-0.2, 0) is 42.4 Å². The molecule has 1 fully saturated rings. The highest BCUT2D eigenvalue weighted by molar-refractivity contribution is 5.79. The van der Waals surface area contributed by atoms with E-state index in [0.29, 0.717) is 38.1 Å². The minimum Gasteiger partial charge on any atom is -0.361 e. The third kappa shape index (κ3) is 3.93. The Bertz CT molecular complexity index is 904. The van der Waals surface area contributed by atoms with Crippen molar-refractivity contribution in [1.29, 1.82) is 0 Å². The summed E-state index contributed by atoms with van der Waals surface area (Å²) in [6.07, 6.45) is 4.41. The predicted molar refractivity (Wildman–Crippen MR) is 106 cm³/mol. The third-order valence-corrected chi connectivity index (χ3v) is 6.22. The van der Waals surface area contributed by atoms with Crippen molar-refractivity contribution in [2.24, 2.45) is 7.05 Å². The maximum Gasteiger partial charge on any atom is 0.227 e. The fraction of sp³-hybridized carbons (Fsp3) is 0.619. The van der Waals surface area contributed by atoms with Crippen molar-refractivity contribution in [2.75, 3.05) is 19.6 Å². The number of hydrogen-bond donors (Lipinski definition) is 0. The van der Waals surface area contributed by atoms with E-state index in [1.54, 1.807) is 0 Å². The minimum atomic E-state index is 0.0768. The van der Waals surface area contributed by atoms with Crippen LogP contribution >= 0.6 is 0 Å². The van der Waals surface area contributed by atoms with Gasteiger partial charge in [-0.05, 0) is 26.7 Å². The molecule has 156 valence electrons. The number of aromatic nitrogens is 3. The molecule has 1 saturated heterocycles. The second kappa shape index (κ2) is 8.00. The first-order valence-electron chi connectivity index (χ1n) is 10.4. The van der Waals surface area contributed by atoms with Crippen LogP contribution in [0.4, 0.5) is 0 Å². The van der Waals surface area contributed by atoms with Gasteiger partial charge in [0.25, 0.3) is 0 Å². The molecule has 0 bridgehead atoms. The van der Waals surface area contributed by atoms with Crippen LogP contribution in [-0.4, -0.2) is 56.2 Å². The minimum absolute atomic E-state index is 0.0768. The van der Waals surface area contributed by atoms with Crippen LogP contribution in [0.25, 0.3) is 0 Å². The van der Waals surface area contributed by atoms with E-state index in [2.05, 4.69) is 10.3 Å². The molecule has 0 saturated carbocycles. The normalized spacial score (nSPS) is 16.4. The first-order chi connectivity index (χ1) is 13.9. The molecular formula is C21H29N5O3. The maximum atomic E-state index is 12.9. The van der Waals surface area contributed by atoms with Gasteiger partial charge in [-0.25, -0.2) is 0 Å². The molecular weight excluding hydrogens is 370 g/mol. The summed E-state index contributed by atoms with van der Waals surface area (Å²) in [5, 5.41) is 8.62. The highest BCUT2D eigenvalue weighted by Gasteiger charge is 2.28. The van der Waals surface area contributed by atoms with E-state index in [-0.39, 0.29) is 11.8 Å². The zero-order chi connectivity index (χ0) is 20.5. The average Bonchev–Trinajstić information content (AvgIpc) is 3.43. The van der Waals surface area contributed by atoms with Gasteiger partial charge < -0.3 is 14.3 Å². The topological polar surface area (TPSA) is 84.5 Å². The van der Waals surface area contributed by atoms with Gasteiger partial charge in [0, 0.05) is 69.3 Å². The highest BCUT2D eigenvalue weighted by Crippen LogP contribution is 2.25. The fourth-order valence-electron chi connectivity index (χ4n) is 4.45. The van der Waals surface area contributed by atoms with Crippen LogP contribution < -0.4 is 0 Å². The number of hydrogen-bond acceptors (Lipinski definition) is 5. The second-order valence-electron chi connectivity index (χ2n) is 8.13. The lowest BCUT2D eigenvalue weighted by Crippen LogP contribution is -2.37. The van der Waals surface area contributed by atoms with Crippen LogP contribution in [0, 0.1) is 13.8 Å². The molecule has 4 heterocycles. The maximum absolute atomic E-state index is 12.9. The Morgan fingerprint density at radius 2 is 1.83 bits per heavy atom. The second-order valence-corrected chi connectivity index (χ2v) is 8.13. The van der Waals surface area contributed by atoms with Crippen LogP contribution in [0.1, 0.15) is 53.2 Å². The van der Waals surface area contributed by atoms with Gasteiger partial charge in [-0.3, -0.25) is 14.3 Å². The summed E-state index contributed by atoms with van der Waals surface area (Å²) >= 11 is 0. The molecule has 2 aliphatic rings. The van der Waals surface area contributed by atoms with E-state index in [4.69, 9.17) is 4.52 Å². The lowest BCUT2D eigenvalue weighted by Gasteiger charge is -2.28. The van der Waals surface area contributed by atoms with Crippen molar-refractivity contribution >= 4 is 11.8 Å². The van der Waals surface area contributed by atoms with Crippen molar-refractivity contribution in [3.05, 3.63) is 34.0 Å². The van der Waals surface area contributed by atoms with E-state index in [0.717, 1.165) is 54.9 Å². The van der Waals surface area contributed by atoms with Crippen molar-refractivity contribution in [1.82, 2.24) is 24.7 Å². The van der Waals surface area contributed by atoms with Gasteiger partial charge in [0.15, 0.2) is 0 Å². The van der Waals surface area contributed by atoms with Crippen LogP contribution in [0.3, 0.4) is 0 Å². The Balaban J connectivity index is 1.44. The number of aryl methyl sites for hydroxylation is 4. The van der Waals surface area contributed by atoms with Gasteiger partial charge in [-0.15, -0.1) is 0 Å². The summed E-state index contributed by atoms with van der Waals surface area (Å²) in [5.74, 6) is 0.994. The molecule has 29 heavy (non-hydrogen) atoms. The van der Waals surface area contributed by atoms with Crippen molar-refractivity contribution < 1.29 is 14.1 Å². The quantitative estimate of drug-likeness (QED) is 0.764. The average molecular weight is 399 g/mol. The zero-order valence-electron chi connectivity index (χ0n) is 17.5. The van der Waals surface area contributed by atoms with Gasteiger partial charge in [0.1, 0.15) is 5.76 Å². The van der Waals surface area contributed by atoms with Gasteiger partial charge in [0.2, 0.25) is 11.8 Å². The summed E-state index contributed by atoms with van der Waals surface area (Å²) in [6.45, 7) is 6.70. The molecule has 0 aromatic carbocycles. The molecule has 2 aromatic heterocycles. The molecule has 0 unspecified atom stereocenters. The standard InChI is InChI=1S/C21H29N5O3/c1-14-16(15(2)29-23-14)12-21(28)26-11-8-19-17(13-26)18(22-24(19)3)6-7-20(27)25-9-4-5-10-25/h4-13H2,1-3H3. The van der Waals surface area contributed by atoms with Gasteiger partial charge in [0.05, 0.1) is 17.8 Å². The summed E-state index contributed by atoms with van der Waals surface area (Å²) in [5.41, 5.74) is 4.89. The van der Waals surface area contributed by atoms with Crippen molar-refractivity contribution in [3.63, 3.8) is 0 Å². The molecule has 8 heteroatoms. The molecule has 0 N–H and O–H groups in total. The third-order valence-electron chi connectivity index (χ3n) is 6.22. The Labute approximate surface area is 170 Å². The number of amides is 2. The van der Waals surface area contributed by atoms with E-state index in [1.807, 2.05) is 35.4 Å². The van der Waals surface area contributed by atoms with Crippen LogP contribution in [0.5, 0.6) is 0 Å². The predicted octanol–water partition coefficient (Wildman–Crippen LogP) is 1.71. The molecule has 0 aliphatic carbocycles. The number of fused-ring (bicyclic) bond motifs is 1. The lowest BCUT2D eigenvalue weighted by molar-refractivity contribution is -0.131.